The molecule has 0 radical (unpaired) electrons. The van der Waals surface area contributed by atoms with Crippen LogP contribution in [0, 0.1) is 41.9 Å². The van der Waals surface area contributed by atoms with Crippen LogP contribution in [0.1, 0.15) is 70.6 Å². The van der Waals surface area contributed by atoms with Crippen molar-refractivity contribution in [1.29, 1.82) is 0 Å². The van der Waals surface area contributed by atoms with Crippen molar-refractivity contribution in [3.63, 3.8) is 0 Å². The fourth-order valence-corrected chi connectivity index (χ4v) is 7.82. The molecule has 2 aromatic rings. The van der Waals surface area contributed by atoms with E-state index < -0.39 is 35.6 Å². The summed E-state index contributed by atoms with van der Waals surface area (Å²) in [5.41, 5.74) is 4.06. The van der Waals surface area contributed by atoms with Gasteiger partial charge in [0.1, 0.15) is 12.1 Å². The molecule has 0 spiro atoms. The molecule has 1 saturated heterocycles. The molecule has 5 rings (SSSR count). The summed E-state index contributed by atoms with van der Waals surface area (Å²) in [5, 5.41) is 18.9. The van der Waals surface area contributed by atoms with Gasteiger partial charge in [0.25, 0.3) is 0 Å². The summed E-state index contributed by atoms with van der Waals surface area (Å²) in [5.74, 6) is 6.84. The monoisotopic (exact) mass is 721 g/mol. The van der Waals surface area contributed by atoms with E-state index in [9.17, 15) is 24.3 Å². The van der Waals surface area contributed by atoms with E-state index >= 15 is 0 Å². The molecule has 0 bridgehead atoms. The van der Waals surface area contributed by atoms with Crippen molar-refractivity contribution in [2.24, 2.45) is 23.2 Å². The molecule has 4 N–H and O–H groups in total. The zero-order valence-corrected chi connectivity index (χ0v) is 30.9. The van der Waals surface area contributed by atoms with Gasteiger partial charge in [0.15, 0.2) is 0 Å². The van der Waals surface area contributed by atoms with Gasteiger partial charge in [0.05, 0.1) is 42.0 Å². The molecule has 6 atom stereocenters. The van der Waals surface area contributed by atoms with Crippen molar-refractivity contribution < 1.29 is 33.8 Å². The number of likely N-dealkylation sites (tertiary alicyclic amines) is 1. The molecule has 51 heavy (non-hydrogen) atoms. The van der Waals surface area contributed by atoms with Crippen LogP contribution in [0.4, 0.5) is 4.79 Å². The summed E-state index contributed by atoms with van der Waals surface area (Å²) in [4.78, 5) is 59.0. The maximum absolute atomic E-state index is 13.8. The highest BCUT2D eigenvalue weighted by molar-refractivity contribution is 7.13. The van der Waals surface area contributed by atoms with Crippen LogP contribution in [0.5, 0.6) is 0 Å². The number of carbonyl (C=O) groups is 4. The highest BCUT2D eigenvalue weighted by Gasteiger charge is 2.49. The maximum Gasteiger partial charge on any atom is 0.407 e. The molecule has 4 amide bonds. The van der Waals surface area contributed by atoms with Crippen molar-refractivity contribution in [1.82, 2.24) is 25.8 Å². The zero-order valence-electron chi connectivity index (χ0n) is 30.0. The van der Waals surface area contributed by atoms with Crippen LogP contribution in [0.2, 0.25) is 0 Å². The number of fused-ring (bicyclic) bond motifs is 1. The van der Waals surface area contributed by atoms with Gasteiger partial charge in [-0.15, -0.1) is 23.2 Å². The topological polar surface area (TPSA) is 159 Å². The summed E-state index contributed by atoms with van der Waals surface area (Å²) >= 11 is 1.57. The molecular weight excluding hydrogens is 671 g/mol. The van der Waals surface area contributed by atoms with Crippen LogP contribution in [-0.4, -0.2) is 89.9 Å². The van der Waals surface area contributed by atoms with Gasteiger partial charge in [-0.2, -0.15) is 0 Å². The quantitative estimate of drug-likeness (QED) is 0.170. The number of aryl methyl sites for hydroxylation is 1. The molecule has 1 aliphatic heterocycles. The second kappa shape index (κ2) is 17.5. The number of hydrogen-bond donors (Lipinski definition) is 4. The molecule has 13 heteroatoms. The van der Waals surface area contributed by atoms with E-state index in [0.717, 1.165) is 47.4 Å². The van der Waals surface area contributed by atoms with Gasteiger partial charge >= 0.3 is 6.09 Å². The van der Waals surface area contributed by atoms with Crippen molar-refractivity contribution in [3.05, 3.63) is 41.0 Å². The number of rotatable bonds is 14. The van der Waals surface area contributed by atoms with Gasteiger partial charge in [-0.05, 0) is 54.1 Å². The number of aliphatic hydroxyl groups excluding tert-OH is 1. The van der Waals surface area contributed by atoms with Gasteiger partial charge in [-0.3, -0.25) is 14.4 Å². The summed E-state index contributed by atoms with van der Waals surface area (Å²) in [6.07, 6.45) is 2.76. The lowest BCUT2D eigenvalue weighted by atomic mass is 9.85. The van der Waals surface area contributed by atoms with Crippen molar-refractivity contribution in [2.75, 3.05) is 32.9 Å². The normalized spacial score (nSPS) is 23.1. The Hall–Kier alpha value is -3.99. The van der Waals surface area contributed by atoms with Gasteiger partial charge in [-0.25, -0.2) is 9.78 Å². The molecule has 2 fully saturated rings. The van der Waals surface area contributed by atoms with E-state index in [0.29, 0.717) is 24.4 Å². The van der Waals surface area contributed by atoms with Crippen molar-refractivity contribution in [3.8, 4) is 22.3 Å². The molecule has 12 nitrogen and oxygen atoms in total. The lowest BCUT2D eigenvalue weighted by molar-refractivity contribution is -0.144. The van der Waals surface area contributed by atoms with Gasteiger partial charge < -0.3 is 35.4 Å². The van der Waals surface area contributed by atoms with Crippen LogP contribution in [0.15, 0.2) is 29.8 Å². The average molecular weight is 722 g/mol. The van der Waals surface area contributed by atoms with Crippen LogP contribution in [0.25, 0.3) is 10.4 Å². The minimum atomic E-state index is -0.929. The minimum absolute atomic E-state index is 0.00239. The van der Waals surface area contributed by atoms with E-state index in [-0.39, 0.29) is 57.5 Å². The second-order valence-corrected chi connectivity index (χ2v) is 15.6. The third-order valence-corrected chi connectivity index (χ3v) is 10.9. The Bertz CT molecular complexity index is 1580. The number of aromatic nitrogens is 1. The molecule has 1 saturated carbocycles. The Morgan fingerprint density at radius 3 is 2.41 bits per heavy atom. The fourth-order valence-electron chi connectivity index (χ4n) is 7.01. The van der Waals surface area contributed by atoms with E-state index in [4.69, 9.17) is 9.47 Å². The predicted octanol–water partition coefficient (Wildman–Crippen LogP) is 3.80. The van der Waals surface area contributed by atoms with Gasteiger partial charge in [-0.1, -0.05) is 45.0 Å². The third-order valence-electron chi connectivity index (χ3n) is 9.95. The van der Waals surface area contributed by atoms with Crippen LogP contribution >= 0.6 is 11.3 Å². The number of alkyl carbamates (subject to hydrolysis) is 1. The number of hydrogen-bond acceptors (Lipinski definition) is 9. The van der Waals surface area contributed by atoms with E-state index in [2.05, 4.69) is 32.8 Å². The molecule has 1 aromatic heterocycles. The SMILES string of the molecule is Cc1ncsc1-c1ccc(CNC(=O)[C@@H]2C[C@@H](O)CN2C(=O)[C@@H](NC(=O)CCOCCNC(=O)OCC2[C@H]3CCC#CCC[C@@H]23)C(C)(C)C)cc1. The van der Waals surface area contributed by atoms with Crippen LogP contribution in [-0.2, 0) is 30.4 Å². The number of benzene rings is 1. The Morgan fingerprint density at radius 2 is 1.76 bits per heavy atom. The molecular formula is C38H51N5O7S. The average Bonchev–Trinajstić information content (AvgIpc) is 3.33. The third kappa shape index (κ3) is 10.5. The van der Waals surface area contributed by atoms with E-state index in [1.807, 2.05) is 57.5 Å². The molecule has 3 aliphatic rings. The van der Waals surface area contributed by atoms with E-state index in [1.165, 1.54) is 4.90 Å². The molecule has 1 unspecified atom stereocenters. The molecule has 1 aromatic carbocycles. The first kappa shape index (κ1) is 38.2. The standard InChI is InChI=1S/C38H51N5O7S/c1-24-33(51-23-41-24)26-13-11-25(12-14-26)20-40-35(46)31-19-27(44)21-43(31)36(47)34(38(2,3)4)42-32(45)15-17-49-18-16-39-37(48)50-22-30-28-9-7-5-6-8-10-29(28)30/h11-14,23,27-31,34,44H,7-10,15-22H2,1-4H3,(H,39,48)(H,40,46)(H,42,45)/t27-,28-,29+,30?,31+,34-/m1/s1. The number of thiazole rings is 1. The Labute approximate surface area is 304 Å². The van der Waals surface area contributed by atoms with Gasteiger partial charge in [0.2, 0.25) is 17.7 Å². The molecule has 2 heterocycles. The van der Waals surface area contributed by atoms with E-state index in [1.54, 1.807) is 11.3 Å². The zero-order chi connectivity index (χ0) is 36.5. The summed E-state index contributed by atoms with van der Waals surface area (Å²) in [6.45, 7) is 8.70. The number of amides is 4. The summed E-state index contributed by atoms with van der Waals surface area (Å²) in [7, 11) is 0. The van der Waals surface area contributed by atoms with Crippen molar-refractivity contribution >= 4 is 35.2 Å². The van der Waals surface area contributed by atoms with Crippen LogP contribution < -0.4 is 16.0 Å². The lowest BCUT2D eigenvalue weighted by Gasteiger charge is -2.35. The Kier molecular flexibility index (Phi) is 13.1. The second-order valence-electron chi connectivity index (χ2n) is 14.8. The first-order valence-corrected chi connectivity index (χ1v) is 18.8. The molecule has 2 aliphatic carbocycles. The number of ether oxygens (including phenoxy) is 2. The number of carbonyl (C=O) groups excluding carboxylic acids is 4. The number of β-amino-alcohol motifs (C(OH)–C–C–N with tert-alkyl or cyclic N) is 1. The lowest BCUT2D eigenvalue weighted by Crippen LogP contribution is -2.57. The van der Waals surface area contributed by atoms with Crippen molar-refractivity contribution in [2.45, 2.75) is 91.0 Å². The fraction of sp³-hybridized carbons (Fsp3) is 0.605. The Balaban J connectivity index is 1.02. The Morgan fingerprint density at radius 1 is 1.06 bits per heavy atom. The van der Waals surface area contributed by atoms with Gasteiger partial charge in [0, 0.05) is 45.3 Å². The first-order valence-electron chi connectivity index (χ1n) is 17.9. The van der Waals surface area contributed by atoms with Crippen LogP contribution in [0.3, 0.4) is 0 Å². The first-order chi connectivity index (χ1) is 24.4. The minimum Gasteiger partial charge on any atom is -0.449 e. The number of nitrogens with zero attached hydrogens (tertiary/aromatic N) is 2. The number of nitrogens with one attached hydrogen (secondary N) is 3. The summed E-state index contributed by atoms with van der Waals surface area (Å²) < 4.78 is 11.0. The largest absolute Gasteiger partial charge is 0.449 e. The summed E-state index contributed by atoms with van der Waals surface area (Å²) in [6, 6.07) is 6.07. The predicted molar refractivity (Wildman–Crippen MR) is 193 cm³/mol. The number of aliphatic hydroxyl groups is 1. The smallest absolute Gasteiger partial charge is 0.407 e. The molecule has 276 valence electrons. The maximum atomic E-state index is 13.8. The highest BCUT2D eigenvalue weighted by atomic mass is 32.1. The highest BCUT2D eigenvalue weighted by Crippen LogP contribution is 2.52.